The van der Waals surface area contributed by atoms with Gasteiger partial charge in [0.05, 0.1) is 12.2 Å². The molecule has 0 spiro atoms. The Balaban J connectivity index is 1.64. The number of aromatic nitrogens is 2. The summed E-state index contributed by atoms with van der Waals surface area (Å²) < 4.78 is 5.22. The lowest BCUT2D eigenvalue weighted by molar-refractivity contribution is 0.0942. The average Bonchev–Trinajstić information content (AvgIpc) is 3.22. The number of nitrogens with zero attached hydrogens (tertiary/aromatic N) is 2. The second kappa shape index (κ2) is 6.53. The normalized spacial score (nSPS) is 10.6. The molecule has 2 aromatic heterocycles. The first-order valence-corrected chi connectivity index (χ1v) is 7.88. The van der Waals surface area contributed by atoms with Crippen molar-refractivity contribution in [3.05, 3.63) is 58.2 Å². The monoisotopic (exact) mass is 313 g/mol. The molecule has 3 aromatic rings. The van der Waals surface area contributed by atoms with Crippen LogP contribution < -0.4 is 5.32 Å². The number of aryl methyl sites for hydroxylation is 1. The minimum atomic E-state index is -0.265. The lowest BCUT2D eigenvalue weighted by Gasteiger charge is -1.98. The third kappa shape index (κ3) is 3.23. The maximum absolute atomic E-state index is 12.1. The Morgan fingerprint density at radius 2 is 2.14 bits per heavy atom. The summed E-state index contributed by atoms with van der Waals surface area (Å²) in [6.45, 7) is 2.45. The van der Waals surface area contributed by atoms with Crippen LogP contribution in [-0.4, -0.2) is 16.0 Å². The number of rotatable bonds is 5. The van der Waals surface area contributed by atoms with Crippen LogP contribution in [0.25, 0.3) is 11.3 Å². The third-order valence-electron chi connectivity index (χ3n) is 3.16. The average molecular weight is 313 g/mol. The summed E-state index contributed by atoms with van der Waals surface area (Å²) in [6, 6.07) is 11.2. The van der Waals surface area contributed by atoms with E-state index in [1.54, 1.807) is 17.4 Å². The molecule has 6 heteroatoms. The van der Waals surface area contributed by atoms with Gasteiger partial charge in [-0.05, 0) is 6.42 Å². The fraction of sp³-hybridized carbons (Fsp3) is 0.188. The molecular formula is C16H15N3O2S. The molecule has 0 aliphatic carbocycles. The van der Waals surface area contributed by atoms with Gasteiger partial charge in [0.15, 0.2) is 11.5 Å². The number of thiazole rings is 1. The molecule has 5 nitrogen and oxygen atoms in total. The fourth-order valence-corrected chi connectivity index (χ4v) is 2.78. The van der Waals surface area contributed by atoms with Crippen LogP contribution in [0.1, 0.15) is 28.1 Å². The van der Waals surface area contributed by atoms with Crippen LogP contribution >= 0.6 is 11.3 Å². The summed E-state index contributed by atoms with van der Waals surface area (Å²) >= 11 is 1.54. The number of benzene rings is 1. The van der Waals surface area contributed by atoms with Crippen LogP contribution in [0.2, 0.25) is 0 Å². The van der Waals surface area contributed by atoms with Gasteiger partial charge in [0.2, 0.25) is 0 Å². The van der Waals surface area contributed by atoms with Crippen LogP contribution in [0.5, 0.6) is 0 Å². The summed E-state index contributed by atoms with van der Waals surface area (Å²) in [5.41, 5.74) is 2.20. The Bertz CT molecular complexity index is 765. The summed E-state index contributed by atoms with van der Waals surface area (Å²) in [6.07, 6.45) is 0.897. The molecule has 0 atom stereocenters. The van der Waals surface area contributed by atoms with E-state index in [4.69, 9.17) is 4.52 Å². The third-order valence-corrected chi connectivity index (χ3v) is 4.06. The zero-order valence-electron chi connectivity index (χ0n) is 12.1. The molecule has 0 bridgehead atoms. The van der Waals surface area contributed by atoms with Gasteiger partial charge in [-0.15, -0.1) is 11.3 Å². The highest BCUT2D eigenvalue weighted by atomic mass is 32.1. The molecule has 3 rings (SSSR count). The quantitative estimate of drug-likeness (QED) is 0.785. The number of hydrogen-bond acceptors (Lipinski definition) is 5. The van der Waals surface area contributed by atoms with Gasteiger partial charge in [-0.1, -0.05) is 42.4 Å². The van der Waals surface area contributed by atoms with Crippen LogP contribution in [0.3, 0.4) is 0 Å². The molecule has 0 fully saturated rings. The molecule has 112 valence electrons. The molecule has 1 amide bonds. The van der Waals surface area contributed by atoms with Crippen molar-refractivity contribution in [1.29, 1.82) is 0 Å². The first kappa shape index (κ1) is 14.5. The Morgan fingerprint density at radius 3 is 2.86 bits per heavy atom. The Morgan fingerprint density at radius 1 is 1.32 bits per heavy atom. The van der Waals surface area contributed by atoms with Gasteiger partial charge in [0.25, 0.3) is 5.91 Å². The molecule has 1 N–H and O–H groups in total. The molecule has 22 heavy (non-hydrogen) atoms. The van der Waals surface area contributed by atoms with Gasteiger partial charge >= 0.3 is 0 Å². The summed E-state index contributed by atoms with van der Waals surface area (Å²) in [5.74, 6) is 0.312. The second-order valence-corrected chi connectivity index (χ2v) is 5.65. The minimum absolute atomic E-state index is 0.265. The van der Waals surface area contributed by atoms with Crippen molar-refractivity contribution in [1.82, 2.24) is 15.5 Å². The van der Waals surface area contributed by atoms with Crippen LogP contribution in [0, 0.1) is 0 Å². The lowest BCUT2D eigenvalue weighted by Crippen LogP contribution is -2.22. The van der Waals surface area contributed by atoms with E-state index in [-0.39, 0.29) is 11.6 Å². The first-order chi connectivity index (χ1) is 10.8. The van der Waals surface area contributed by atoms with Gasteiger partial charge in [-0.25, -0.2) is 4.98 Å². The second-order valence-electron chi connectivity index (χ2n) is 4.71. The van der Waals surface area contributed by atoms with E-state index >= 15 is 0 Å². The Labute approximate surface area is 132 Å². The highest BCUT2D eigenvalue weighted by molar-refractivity contribution is 7.09. The number of nitrogens with one attached hydrogen (secondary N) is 1. The Hall–Kier alpha value is -2.47. The van der Waals surface area contributed by atoms with E-state index in [0.29, 0.717) is 12.3 Å². The molecule has 0 saturated heterocycles. The zero-order chi connectivity index (χ0) is 15.4. The molecule has 2 heterocycles. The van der Waals surface area contributed by atoms with Crippen molar-refractivity contribution in [2.45, 2.75) is 19.9 Å². The largest absolute Gasteiger partial charge is 0.355 e. The highest BCUT2D eigenvalue weighted by Crippen LogP contribution is 2.19. The van der Waals surface area contributed by atoms with Crippen molar-refractivity contribution >= 4 is 17.2 Å². The predicted octanol–water partition coefficient (Wildman–Crippen LogP) is 3.29. The van der Waals surface area contributed by atoms with Crippen LogP contribution in [0.4, 0.5) is 0 Å². The fourth-order valence-electron chi connectivity index (χ4n) is 1.96. The number of carbonyl (C=O) groups excluding carboxylic acids is 1. The van der Waals surface area contributed by atoms with Crippen molar-refractivity contribution in [2.24, 2.45) is 0 Å². The van der Waals surface area contributed by atoms with Crippen molar-refractivity contribution in [2.75, 3.05) is 0 Å². The van der Waals surface area contributed by atoms with E-state index in [1.165, 1.54) is 0 Å². The summed E-state index contributed by atoms with van der Waals surface area (Å²) in [4.78, 5) is 16.5. The molecule has 1 aromatic carbocycles. The highest BCUT2D eigenvalue weighted by Gasteiger charge is 2.13. The van der Waals surface area contributed by atoms with Gasteiger partial charge in [-0.3, -0.25) is 4.79 Å². The van der Waals surface area contributed by atoms with Gasteiger partial charge in [0, 0.05) is 17.0 Å². The van der Waals surface area contributed by atoms with Crippen LogP contribution in [0.15, 0.2) is 46.3 Å². The zero-order valence-corrected chi connectivity index (χ0v) is 12.9. The first-order valence-electron chi connectivity index (χ1n) is 7.00. The van der Waals surface area contributed by atoms with E-state index in [1.807, 2.05) is 35.7 Å². The van der Waals surface area contributed by atoms with Crippen LogP contribution in [-0.2, 0) is 13.0 Å². The number of hydrogen-bond donors (Lipinski definition) is 1. The molecule has 0 radical (unpaired) electrons. The van der Waals surface area contributed by atoms with E-state index in [0.717, 1.165) is 22.7 Å². The summed E-state index contributed by atoms with van der Waals surface area (Å²) in [5, 5.41) is 9.52. The predicted molar refractivity (Wildman–Crippen MR) is 84.6 cm³/mol. The van der Waals surface area contributed by atoms with E-state index < -0.39 is 0 Å². The molecule has 0 saturated carbocycles. The number of carbonyl (C=O) groups is 1. The molecular weight excluding hydrogens is 298 g/mol. The molecule has 0 unspecified atom stereocenters. The Kier molecular flexibility index (Phi) is 4.29. The van der Waals surface area contributed by atoms with Gasteiger partial charge in [-0.2, -0.15) is 0 Å². The van der Waals surface area contributed by atoms with Crippen molar-refractivity contribution < 1.29 is 9.32 Å². The van der Waals surface area contributed by atoms with E-state index in [9.17, 15) is 4.79 Å². The standard InChI is InChI=1S/C16H15N3O2S/c1-2-12-10-22-15(18-12)9-17-16(20)13-8-14(21-19-13)11-6-4-3-5-7-11/h3-8,10H,2,9H2,1H3,(H,17,20). The topological polar surface area (TPSA) is 68.0 Å². The van der Waals surface area contributed by atoms with Crippen molar-refractivity contribution in [3.8, 4) is 11.3 Å². The lowest BCUT2D eigenvalue weighted by atomic mass is 10.1. The van der Waals surface area contributed by atoms with E-state index in [2.05, 4.69) is 22.4 Å². The van der Waals surface area contributed by atoms with Gasteiger partial charge in [0.1, 0.15) is 5.01 Å². The molecule has 0 aliphatic rings. The van der Waals surface area contributed by atoms with Crippen molar-refractivity contribution in [3.63, 3.8) is 0 Å². The minimum Gasteiger partial charge on any atom is -0.355 e. The maximum Gasteiger partial charge on any atom is 0.273 e. The SMILES string of the molecule is CCc1csc(CNC(=O)c2cc(-c3ccccc3)on2)n1. The summed E-state index contributed by atoms with van der Waals surface area (Å²) in [7, 11) is 0. The smallest absolute Gasteiger partial charge is 0.273 e. The maximum atomic E-state index is 12.1. The number of amides is 1. The van der Waals surface area contributed by atoms with Gasteiger partial charge < -0.3 is 9.84 Å². The molecule has 0 aliphatic heterocycles.